The number of unbranched alkanes of at least 4 members (excludes halogenated alkanes) is 1. The minimum atomic E-state index is 0.0119. The topological polar surface area (TPSA) is 38.3 Å². The van der Waals surface area contributed by atoms with Crippen molar-refractivity contribution in [1.82, 2.24) is 5.32 Å². The fourth-order valence-electron chi connectivity index (χ4n) is 3.91. The van der Waals surface area contributed by atoms with Gasteiger partial charge in [0.1, 0.15) is 5.75 Å². The van der Waals surface area contributed by atoms with Gasteiger partial charge in [-0.15, -0.1) is 0 Å². The van der Waals surface area contributed by atoms with Crippen LogP contribution in [0.1, 0.15) is 81.1 Å². The summed E-state index contributed by atoms with van der Waals surface area (Å²) in [7, 11) is 0. The van der Waals surface area contributed by atoms with E-state index in [9.17, 15) is 4.79 Å². The fourth-order valence-corrected chi connectivity index (χ4v) is 3.91. The first-order valence-corrected chi connectivity index (χ1v) is 9.85. The Morgan fingerprint density at radius 1 is 1.28 bits per heavy atom. The first kappa shape index (κ1) is 18.0. The summed E-state index contributed by atoms with van der Waals surface area (Å²) in [6.45, 7) is 5.13. The number of carbonyl (C=O) groups excluding carboxylic acids is 1. The third-order valence-corrected chi connectivity index (χ3v) is 5.57. The van der Waals surface area contributed by atoms with E-state index >= 15 is 0 Å². The van der Waals surface area contributed by atoms with Crippen molar-refractivity contribution in [3.05, 3.63) is 41.5 Å². The number of hydrogen-bond donors (Lipinski definition) is 1. The van der Waals surface area contributed by atoms with Crippen LogP contribution in [-0.2, 0) is 5.41 Å². The molecule has 1 amide bonds. The van der Waals surface area contributed by atoms with Crippen molar-refractivity contribution in [2.45, 2.75) is 76.7 Å². The monoisotopic (exact) mass is 341 g/mol. The van der Waals surface area contributed by atoms with Crippen molar-refractivity contribution in [2.24, 2.45) is 0 Å². The summed E-state index contributed by atoms with van der Waals surface area (Å²) in [5, 5.41) is 3.19. The fraction of sp³-hybridized carbons (Fsp3) is 0.591. The van der Waals surface area contributed by atoms with E-state index in [1.54, 1.807) is 0 Å². The average Bonchev–Trinajstić information content (AvgIpc) is 2.96. The average molecular weight is 341 g/mol. The first-order chi connectivity index (χ1) is 12.1. The van der Waals surface area contributed by atoms with E-state index in [2.05, 4.69) is 37.4 Å². The van der Waals surface area contributed by atoms with E-state index in [1.807, 2.05) is 12.1 Å². The number of hydrogen-bond acceptors (Lipinski definition) is 2. The molecule has 0 radical (unpaired) electrons. The molecule has 1 atom stereocenters. The Morgan fingerprint density at radius 3 is 2.84 bits per heavy atom. The molecule has 1 aliphatic heterocycles. The SMILES string of the molecule is CCC/C=C/CC1(C)COc2cc(C(=O)NC3CCCCC3)ccc21. The number of carbonyl (C=O) groups is 1. The molecule has 136 valence electrons. The summed E-state index contributed by atoms with van der Waals surface area (Å²) in [4.78, 5) is 12.5. The molecule has 3 heteroatoms. The molecule has 1 heterocycles. The lowest BCUT2D eigenvalue weighted by Gasteiger charge is -2.23. The highest BCUT2D eigenvalue weighted by Crippen LogP contribution is 2.41. The number of ether oxygens (including phenoxy) is 1. The lowest BCUT2D eigenvalue weighted by atomic mass is 9.81. The summed E-state index contributed by atoms with van der Waals surface area (Å²) in [5.41, 5.74) is 1.95. The van der Waals surface area contributed by atoms with E-state index in [4.69, 9.17) is 4.74 Å². The summed E-state index contributed by atoms with van der Waals surface area (Å²) in [5.74, 6) is 0.914. The normalized spacial score (nSPS) is 23.4. The van der Waals surface area contributed by atoms with Crippen LogP contribution in [0.25, 0.3) is 0 Å². The molecule has 3 rings (SSSR count). The van der Waals surface area contributed by atoms with Crippen molar-refractivity contribution >= 4 is 5.91 Å². The summed E-state index contributed by atoms with van der Waals surface area (Å²) in [6.07, 6.45) is 13.8. The summed E-state index contributed by atoms with van der Waals surface area (Å²) >= 11 is 0. The van der Waals surface area contributed by atoms with Crippen molar-refractivity contribution in [3.63, 3.8) is 0 Å². The van der Waals surface area contributed by atoms with Gasteiger partial charge >= 0.3 is 0 Å². The van der Waals surface area contributed by atoms with Crippen LogP contribution in [0.5, 0.6) is 5.75 Å². The molecule has 1 aromatic carbocycles. The second-order valence-corrected chi connectivity index (χ2v) is 7.83. The molecule has 0 spiro atoms. The van der Waals surface area contributed by atoms with Gasteiger partial charge in [-0.1, -0.05) is 57.7 Å². The van der Waals surface area contributed by atoms with Crippen molar-refractivity contribution < 1.29 is 9.53 Å². The zero-order valence-corrected chi connectivity index (χ0v) is 15.6. The number of nitrogens with one attached hydrogen (secondary N) is 1. The Labute approximate surface area is 151 Å². The number of fused-ring (bicyclic) bond motifs is 1. The molecular formula is C22H31NO2. The predicted octanol–water partition coefficient (Wildman–Crippen LogP) is 5.15. The van der Waals surface area contributed by atoms with Crippen LogP contribution in [0.4, 0.5) is 0 Å². The van der Waals surface area contributed by atoms with Crippen molar-refractivity contribution in [1.29, 1.82) is 0 Å². The molecule has 1 N–H and O–H groups in total. The van der Waals surface area contributed by atoms with E-state index in [0.717, 1.165) is 37.0 Å². The van der Waals surface area contributed by atoms with Gasteiger partial charge < -0.3 is 10.1 Å². The third-order valence-electron chi connectivity index (χ3n) is 5.57. The molecule has 1 saturated carbocycles. The van der Waals surface area contributed by atoms with Gasteiger partial charge in [0.05, 0.1) is 6.61 Å². The van der Waals surface area contributed by atoms with Crippen LogP contribution < -0.4 is 10.1 Å². The zero-order valence-electron chi connectivity index (χ0n) is 15.6. The number of benzene rings is 1. The second-order valence-electron chi connectivity index (χ2n) is 7.83. The van der Waals surface area contributed by atoms with Crippen LogP contribution in [0.15, 0.2) is 30.4 Å². The molecule has 2 aliphatic rings. The van der Waals surface area contributed by atoms with Gasteiger partial charge in [-0.2, -0.15) is 0 Å². The molecular weight excluding hydrogens is 310 g/mol. The lowest BCUT2D eigenvalue weighted by molar-refractivity contribution is 0.0927. The van der Waals surface area contributed by atoms with Crippen molar-refractivity contribution in [3.8, 4) is 5.75 Å². The summed E-state index contributed by atoms with van der Waals surface area (Å²) in [6, 6.07) is 6.31. The van der Waals surface area contributed by atoms with Crippen LogP contribution in [0.3, 0.4) is 0 Å². The Bertz CT molecular complexity index is 631. The highest BCUT2D eigenvalue weighted by Gasteiger charge is 2.35. The molecule has 1 aliphatic carbocycles. The molecule has 0 aromatic heterocycles. The molecule has 3 nitrogen and oxygen atoms in total. The van der Waals surface area contributed by atoms with Gasteiger partial charge in [-0.05, 0) is 37.8 Å². The smallest absolute Gasteiger partial charge is 0.251 e. The summed E-state index contributed by atoms with van der Waals surface area (Å²) < 4.78 is 5.94. The van der Waals surface area contributed by atoms with Gasteiger partial charge in [0.25, 0.3) is 5.91 Å². The second kappa shape index (κ2) is 8.07. The Kier molecular flexibility index (Phi) is 5.82. The van der Waals surface area contributed by atoms with Crippen LogP contribution >= 0.6 is 0 Å². The predicted molar refractivity (Wildman–Crippen MR) is 102 cm³/mol. The number of allylic oxidation sites excluding steroid dienone is 2. The van der Waals surface area contributed by atoms with Crippen LogP contribution in [-0.4, -0.2) is 18.6 Å². The Balaban J connectivity index is 1.67. The van der Waals surface area contributed by atoms with Gasteiger partial charge in [0, 0.05) is 22.6 Å². The molecule has 0 bridgehead atoms. The Morgan fingerprint density at radius 2 is 2.08 bits per heavy atom. The van der Waals surface area contributed by atoms with Gasteiger partial charge in [0.2, 0.25) is 0 Å². The lowest BCUT2D eigenvalue weighted by Crippen LogP contribution is -2.36. The maximum absolute atomic E-state index is 12.5. The number of rotatable bonds is 6. The first-order valence-electron chi connectivity index (χ1n) is 9.85. The largest absolute Gasteiger partial charge is 0.492 e. The molecule has 25 heavy (non-hydrogen) atoms. The minimum Gasteiger partial charge on any atom is -0.492 e. The van der Waals surface area contributed by atoms with E-state index in [0.29, 0.717) is 12.6 Å². The molecule has 0 saturated heterocycles. The van der Waals surface area contributed by atoms with E-state index in [1.165, 1.54) is 31.2 Å². The standard InChI is InChI=1S/C22H31NO2/c1-3-4-5-9-14-22(2)16-25-20-15-17(12-13-19(20)22)21(24)23-18-10-7-6-8-11-18/h5,9,12-13,15,18H,3-4,6-8,10-11,14,16H2,1-2H3,(H,23,24)/b9-5+. The molecule has 1 aromatic rings. The minimum absolute atomic E-state index is 0.0119. The van der Waals surface area contributed by atoms with Crippen LogP contribution in [0.2, 0.25) is 0 Å². The van der Waals surface area contributed by atoms with Gasteiger partial charge in [-0.3, -0.25) is 4.79 Å². The molecule has 1 unspecified atom stereocenters. The van der Waals surface area contributed by atoms with E-state index in [-0.39, 0.29) is 11.3 Å². The highest BCUT2D eigenvalue weighted by molar-refractivity contribution is 5.95. The maximum atomic E-state index is 12.5. The van der Waals surface area contributed by atoms with Crippen LogP contribution in [0, 0.1) is 0 Å². The quantitative estimate of drug-likeness (QED) is 0.727. The highest BCUT2D eigenvalue weighted by atomic mass is 16.5. The third kappa shape index (κ3) is 4.26. The van der Waals surface area contributed by atoms with Gasteiger partial charge in [-0.25, -0.2) is 0 Å². The Hall–Kier alpha value is -1.77. The molecule has 1 fully saturated rings. The number of amides is 1. The van der Waals surface area contributed by atoms with E-state index < -0.39 is 0 Å². The zero-order chi connectivity index (χ0) is 17.7. The van der Waals surface area contributed by atoms with Crippen molar-refractivity contribution in [2.75, 3.05) is 6.61 Å². The maximum Gasteiger partial charge on any atom is 0.251 e. The van der Waals surface area contributed by atoms with Gasteiger partial charge in [0.15, 0.2) is 0 Å².